The molecule has 0 aliphatic carbocycles. The highest BCUT2D eigenvalue weighted by atomic mass is 35.5. The highest BCUT2D eigenvalue weighted by Gasteiger charge is 2.31. The summed E-state index contributed by atoms with van der Waals surface area (Å²) in [6.07, 6.45) is 0. The zero-order valence-electron chi connectivity index (χ0n) is 11.6. The molecule has 0 fully saturated rings. The van der Waals surface area contributed by atoms with E-state index in [1.54, 1.807) is 6.92 Å². The minimum atomic E-state index is -4.02. The first-order chi connectivity index (χ1) is 10.2. The average molecular weight is 347 g/mol. The van der Waals surface area contributed by atoms with E-state index in [1.165, 1.54) is 13.0 Å². The molecule has 1 N–H and O–H groups in total. The second-order valence-corrected chi connectivity index (χ2v) is 7.26. The molecule has 1 amide bonds. The molecule has 0 aliphatic heterocycles. The lowest BCUT2D eigenvalue weighted by Crippen LogP contribution is -2.32. The van der Waals surface area contributed by atoms with Gasteiger partial charge in [0.1, 0.15) is 11.1 Å². The van der Waals surface area contributed by atoms with E-state index in [0.717, 1.165) is 18.2 Å². The van der Waals surface area contributed by atoms with Crippen LogP contribution in [0, 0.1) is 12.7 Å². The van der Waals surface area contributed by atoms with Crippen molar-refractivity contribution >= 4 is 33.2 Å². The summed E-state index contributed by atoms with van der Waals surface area (Å²) in [7, 11) is -4.02. The number of sulfone groups is 1. The molecular formula is C13H12ClFN2O4S. The van der Waals surface area contributed by atoms with Gasteiger partial charge in [0.05, 0.1) is 15.6 Å². The van der Waals surface area contributed by atoms with Gasteiger partial charge in [0.2, 0.25) is 11.8 Å². The summed E-state index contributed by atoms with van der Waals surface area (Å²) in [5, 5.41) is 4.13. The molecule has 118 valence electrons. The van der Waals surface area contributed by atoms with Gasteiger partial charge in [0.15, 0.2) is 9.84 Å². The lowest BCUT2D eigenvalue weighted by Gasteiger charge is -2.12. The number of aromatic nitrogens is 1. The van der Waals surface area contributed by atoms with Gasteiger partial charge in [0, 0.05) is 6.07 Å². The largest absolute Gasteiger partial charge is 0.338 e. The number of nitrogens with one attached hydrogen (secondary N) is 1. The van der Waals surface area contributed by atoms with E-state index < -0.39 is 26.8 Å². The molecule has 1 aromatic heterocycles. The molecule has 1 heterocycles. The molecule has 0 saturated carbocycles. The van der Waals surface area contributed by atoms with Gasteiger partial charge in [-0.15, -0.1) is 0 Å². The van der Waals surface area contributed by atoms with Crippen LogP contribution in [-0.4, -0.2) is 24.7 Å². The minimum Gasteiger partial charge on any atom is -0.338 e. The van der Waals surface area contributed by atoms with Crippen molar-refractivity contribution in [2.24, 2.45) is 0 Å². The average Bonchev–Trinajstić information content (AvgIpc) is 2.86. The van der Waals surface area contributed by atoms with E-state index in [0.29, 0.717) is 5.69 Å². The summed E-state index contributed by atoms with van der Waals surface area (Å²) in [5.74, 6) is -1.49. The number of rotatable bonds is 4. The molecule has 9 heteroatoms. The number of carbonyl (C=O) groups excluding carboxylic acids is 1. The number of hydrogen-bond donors (Lipinski definition) is 1. The quantitative estimate of drug-likeness (QED) is 0.859. The van der Waals surface area contributed by atoms with Gasteiger partial charge in [0.25, 0.3) is 0 Å². The normalized spacial score (nSPS) is 12.9. The van der Waals surface area contributed by atoms with Gasteiger partial charge in [-0.25, -0.2) is 12.8 Å². The van der Waals surface area contributed by atoms with E-state index >= 15 is 0 Å². The lowest BCUT2D eigenvalue weighted by molar-refractivity contribution is -0.115. The standard InChI is InChI=1S/C13H12ClFN2O4S/c1-7-5-12(21-17-7)16-13(18)8(2)22(19,20)9-3-4-11(15)10(14)6-9/h3-6,8H,1-2H3,(H,16,18). The summed E-state index contributed by atoms with van der Waals surface area (Å²) in [4.78, 5) is 11.8. The van der Waals surface area contributed by atoms with Gasteiger partial charge < -0.3 is 4.52 Å². The number of carbonyl (C=O) groups is 1. The molecule has 0 saturated heterocycles. The Bertz CT molecular complexity index is 819. The van der Waals surface area contributed by atoms with E-state index in [2.05, 4.69) is 10.5 Å². The number of amides is 1. The molecular weight excluding hydrogens is 335 g/mol. The van der Waals surface area contributed by atoms with Gasteiger partial charge in [-0.3, -0.25) is 10.1 Å². The first-order valence-electron chi connectivity index (χ1n) is 6.15. The Morgan fingerprint density at radius 1 is 1.41 bits per heavy atom. The number of hydrogen-bond acceptors (Lipinski definition) is 5. The topological polar surface area (TPSA) is 89.3 Å². The van der Waals surface area contributed by atoms with E-state index in [-0.39, 0.29) is 15.8 Å². The molecule has 6 nitrogen and oxygen atoms in total. The first kappa shape index (κ1) is 16.4. The highest BCUT2D eigenvalue weighted by molar-refractivity contribution is 7.92. The molecule has 22 heavy (non-hydrogen) atoms. The van der Waals surface area contributed by atoms with Crippen LogP contribution < -0.4 is 5.32 Å². The molecule has 2 aromatic rings. The Labute approximate surface area is 131 Å². The third kappa shape index (κ3) is 3.28. The highest BCUT2D eigenvalue weighted by Crippen LogP contribution is 2.23. The van der Waals surface area contributed by atoms with Crippen LogP contribution in [0.1, 0.15) is 12.6 Å². The van der Waals surface area contributed by atoms with E-state index in [9.17, 15) is 17.6 Å². The predicted octanol–water partition coefficient (Wildman–Crippen LogP) is 2.58. The zero-order valence-corrected chi connectivity index (χ0v) is 13.2. The Hall–Kier alpha value is -1.93. The summed E-state index contributed by atoms with van der Waals surface area (Å²) in [6.45, 7) is 2.87. The summed E-state index contributed by atoms with van der Waals surface area (Å²) >= 11 is 5.57. The van der Waals surface area contributed by atoms with Gasteiger partial charge in [-0.2, -0.15) is 0 Å². The van der Waals surface area contributed by atoms with Crippen LogP contribution >= 0.6 is 11.6 Å². The van der Waals surface area contributed by atoms with Crippen LogP contribution in [-0.2, 0) is 14.6 Å². The third-order valence-electron chi connectivity index (χ3n) is 2.93. The maximum atomic E-state index is 13.1. The Kier molecular flexibility index (Phi) is 4.52. The zero-order chi connectivity index (χ0) is 16.5. The van der Waals surface area contributed by atoms with Crippen molar-refractivity contribution in [1.29, 1.82) is 0 Å². The van der Waals surface area contributed by atoms with Crippen molar-refractivity contribution in [3.63, 3.8) is 0 Å². The Balaban J connectivity index is 2.24. The second kappa shape index (κ2) is 6.05. The van der Waals surface area contributed by atoms with Crippen LogP contribution in [0.2, 0.25) is 5.02 Å². The maximum Gasteiger partial charge on any atom is 0.245 e. The fourth-order valence-corrected chi connectivity index (χ4v) is 3.18. The van der Waals surface area contributed by atoms with Crippen LogP contribution in [0.15, 0.2) is 33.7 Å². The molecule has 0 bridgehead atoms. The summed E-state index contributed by atoms with van der Waals surface area (Å²) in [6, 6.07) is 4.40. The molecule has 0 spiro atoms. The Morgan fingerprint density at radius 2 is 2.09 bits per heavy atom. The molecule has 2 rings (SSSR count). The van der Waals surface area contributed by atoms with E-state index in [1.807, 2.05) is 0 Å². The fourth-order valence-electron chi connectivity index (χ4n) is 1.64. The molecule has 0 radical (unpaired) electrons. The van der Waals surface area contributed by atoms with Crippen molar-refractivity contribution in [2.75, 3.05) is 5.32 Å². The maximum absolute atomic E-state index is 13.1. The number of benzene rings is 1. The van der Waals surface area contributed by atoms with Crippen LogP contribution in [0.4, 0.5) is 10.3 Å². The van der Waals surface area contributed by atoms with Crippen LogP contribution in [0.5, 0.6) is 0 Å². The number of aryl methyl sites for hydroxylation is 1. The summed E-state index contributed by atoms with van der Waals surface area (Å²) < 4.78 is 42.6. The second-order valence-electron chi connectivity index (χ2n) is 4.58. The molecule has 0 aliphatic rings. The van der Waals surface area contributed by atoms with Crippen molar-refractivity contribution < 1.29 is 22.1 Å². The number of anilines is 1. The SMILES string of the molecule is Cc1cc(NC(=O)C(C)S(=O)(=O)c2ccc(F)c(Cl)c2)on1. The molecule has 1 atom stereocenters. The van der Waals surface area contributed by atoms with E-state index in [4.69, 9.17) is 16.1 Å². The minimum absolute atomic E-state index is 0.0432. The van der Waals surface area contributed by atoms with Crippen molar-refractivity contribution in [2.45, 2.75) is 24.0 Å². The van der Waals surface area contributed by atoms with Gasteiger partial charge >= 0.3 is 0 Å². The smallest absolute Gasteiger partial charge is 0.245 e. The predicted molar refractivity (Wildman–Crippen MR) is 77.9 cm³/mol. The Morgan fingerprint density at radius 3 is 2.64 bits per heavy atom. The van der Waals surface area contributed by atoms with Crippen molar-refractivity contribution in [1.82, 2.24) is 5.16 Å². The number of halogens is 2. The third-order valence-corrected chi connectivity index (χ3v) is 5.27. The number of nitrogens with zero attached hydrogens (tertiary/aromatic N) is 1. The molecule has 1 unspecified atom stereocenters. The van der Waals surface area contributed by atoms with Crippen molar-refractivity contribution in [3.8, 4) is 0 Å². The van der Waals surface area contributed by atoms with Crippen LogP contribution in [0.3, 0.4) is 0 Å². The van der Waals surface area contributed by atoms with Gasteiger partial charge in [-0.05, 0) is 32.0 Å². The first-order valence-corrected chi connectivity index (χ1v) is 8.07. The fraction of sp³-hybridized carbons (Fsp3) is 0.231. The molecule has 1 aromatic carbocycles. The summed E-state index contributed by atoms with van der Waals surface area (Å²) in [5.41, 5.74) is 0.538. The monoisotopic (exact) mass is 346 g/mol. The van der Waals surface area contributed by atoms with Crippen LogP contribution in [0.25, 0.3) is 0 Å². The van der Waals surface area contributed by atoms with Crippen molar-refractivity contribution in [3.05, 3.63) is 40.8 Å². The van der Waals surface area contributed by atoms with Gasteiger partial charge in [-0.1, -0.05) is 16.8 Å². The lowest BCUT2D eigenvalue weighted by atomic mass is 10.3.